The third-order valence-electron chi connectivity index (χ3n) is 2.77. The van der Waals surface area contributed by atoms with Crippen LogP contribution in [-0.2, 0) is 4.79 Å². The third kappa shape index (κ3) is 7.66. The number of carbonyl (C=O) groups excluding carboxylic acids is 1. The van der Waals surface area contributed by atoms with Gasteiger partial charge in [0.15, 0.2) is 6.61 Å². The van der Waals surface area contributed by atoms with E-state index in [2.05, 4.69) is 17.6 Å². The van der Waals surface area contributed by atoms with Gasteiger partial charge in [-0.2, -0.15) is 0 Å². The van der Waals surface area contributed by atoms with Crippen molar-refractivity contribution in [1.82, 2.24) is 10.6 Å². The van der Waals surface area contributed by atoms with E-state index in [1.807, 2.05) is 0 Å². The molecule has 0 aliphatic rings. The second-order valence-electron chi connectivity index (χ2n) is 4.48. The minimum Gasteiger partial charge on any atom is -0.490 e. The molecule has 2 N–H and O–H groups in total. The van der Waals surface area contributed by atoms with Crippen molar-refractivity contribution in [3.63, 3.8) is 0 Å². The predicted molar refractivity (Wildman–Crippen MR) is 88.6 cm³/mol. The quantitative estimate of drug-likeness (QED) is 0.378. The Hall–Kier alpha value is -2.06. The zero-order valence-corrected chi connectivity index (χ0v) is 14.0. The van der Waals surface area contributed by atoms with Gasteiger partial charge in [0.05, 0.1) is 12.0 Å². The van der Waals surface area contributed by atoms with Crippen molar-refractivity contribution in [2.75, 3.05) is 33.4 Å². The maximum atomic E-state index is 11.6. The largest absolute Gasteiger partial charge is 0.490 e. The van der Waals surface area contributed by atoms with Crippen molar-refractivity contribution in [3.05, 3.63) is 28.3 Å². The van der Waals surface area contributed by atoms with Gasteiger partial charge in [0.25, 0.3) is 5.91 Å². The van der Waals surface area contributed by atoms with Gasteiger partial charge in [-0.1, -0.05) is 6.92 Å². The van der Waals surface area contributed by atoms with Gasteiger partial charge in [0.2, 0.25) is 5.75 Å². The van der Waals surface area contributed by atoms with Gasteiger partial charge in [-0.25, -0.2) is 0 Å². The topological polar surface area (TPSA) is 103 Å². The van der Waals surface area contributed by atoms with Crippen LogP contribution in [-0.4, -0.2) is 44.2 Å². The number of methoxy groups -OCH3 is 1. The summed E-state index contributed by atoms with van der Waals surface area (Å²) in [6.07, 6.45) is 1.04. The monoisotopic (exact) mass is 347 g/mol. The van der Waals surface area contributed by atoms with Crippen LogP contribution in [0.2, 0.25) is 0 Å². The molecule has 0 bridgehead atoms. The number of nitrogens with one attached hydrogen (secondary N) is 2. The number of amides is 1. The van der Waals surface area contributed by atoms with E-state index in [1.165, 1.54) is 25.3 Å². The van der Waals surface area contributed by atoms with Gasteiger partial charge in [0.1, 0.15) is 5.75 Å². The van der Waals surface area contributed by atoms with E-state index in [0.29, 0.717) is 18.8 Å². The van der Waals surface area contributed by atoms with E-state index in [9.17, 15) is 14.9 Å². The summed E-state index contributed by atoms with van der Waals surface area (Å²) in [6.45, 7) is 4.04. The molecule has 0 spiro atoms. The van der Waals surface area contributed by atoms with Crippen LogP contribution in [0.25, 0.3) is 0 Å². The summed E-state index contributed by atoms with van der Waals surface area (Å²) in [4.78, 5) is 21.8. The Morgan fingerprint density at radius 1 is 1.30 bits per heavy atom. The lowest BCUT2D eigenvalue weighted by Crippen LogP contribution is -2.35. The number of nitro groups is 1. The van der Waals surface area contributed by atoms with Crippen LogP contribution in [0.15, 0.2) is 18.2 Å². The molecule has 130 valence electrons. The first-order chi connectivity index (χ1) is 10.6. The van der Waals surface area contributed by atoms with Crippen molar-refractivity contribution in [1.29, 1.82) is 0 Å². The molecule has 23 heavy (non-hydrogen) atoms. The highest BCUT2D eigenvalue weighted by Gasteiger charge is 2.15. The van der Waals surface area contributed by atoms with E-state index in [0.717, 1.165) is 13.0 Å². The fourth-order valence-corrected chi connectivity index (χ4v) is 1.69. The molecule has 0 heterocycles. The van der Waals surface area contributed by atoms with E-state index < -0.39 is 4.92 Å². The molecule has 1 amide bonds. The molecular weight excluding hydrogens is 326 g/mol. The first-order valence-corrected chi connectivity index (χ1v) is 7.01. The minimum absolute atomic E-state index is 0. The highest BCUT2D eigenvalue weighted by atomic mass is 35.5. The molecule has 1 aromatic carbocycles. The van der Waals surface area contributed by atoms with Crippen molar-refractivity contribution in [3.8, 4) is 11.5 Å². The molecule has 0 aliphatic carbocycles. The molecule has 1 aromatic rings. The Morgan fingerprint density at radius 3 is 2.65 bits per heavy atom. The number of rotatable bonds is 10. The Labute approximate surface area is 141 Å². The minimum atomic E-state index is -0.543. The Balaban J connectivity index is 0.00000484. The van der Waals surface area contributed by atoms with Crippen LogP contribution in [0, 0.1) is 10.1 Å². The van der Waals surface area contributed by atoms with Crippen molar-refractivity contribution in [2.24, 2.45) is 0 Å². The van der Waals surface area contributed by atoms with Crippen molar-refractivity contribution >= 4 is 24.0 Å². The first-order valence-electron chi connectivity index (χ1n) is 7.01. The van der Waals surface area contributed by atoms with Crippen LogP contribution in [0.4, 0.5) is 5.69 Å². The lowest BCUT2D eigenvalue weighted by Gasteiger charge is -2.09. The molecule has 1 rings (SSSR count). The van der Waals surface area contributed by atoms with Gasteiger partial charge < -0.3 is 20.1 Å². The Morgan fingerprint density at radius 2 is 2.04 bits per heavy atom. The molecule has 0 radical (unpaired) electrons. The average molecular weight is 348 g/mol. The average Bonchev–Trinajstić information content (AvgIpc) is 2.52. The number of hydrogen-bond acceptors (Lipinski definition) is 6. The molecule has 8 nitrogen and oxygen atoms in total. The molecular formula is C14H22ClN3O5. The van der Waals surface area contributed by atoms with Crippen molar-refractivity contribution in [2.45, 2.75) is 13.3 Å². The zero-order valence-electron chi connectivity index (χ0n) is 13.2. The molecule has 9 heteroatoms. The lowest BCUT2D eigenvalue weighted by molar-refractivity contribution is -0.385. The highest BCUT2D eigenvalue weighted by molar-refractivity contribution is 5.85. The summed E-state index contributed by atoms with van der Waals surface area (Å²) in [5, 5.41) is 16.6. The van der Waals surface area contributed by atoms with Gasteiger partial charge >= 0.3 is 5.69 Å². The Kier molecular flexibility index (Phi) is 10.5. The van der Waals surface area contributed by atoms with E-state index in [-0.39, 0.29) is 36.4 Å². The number of nitrogens with zero attached hydrogens (tertiary/aromatic N) is 1. The number of hydrogen-bond donors (Lipinski definition) is 2. The van der Waals surface area contributed by atoms with Gasteiger partial charge in [-0.3, -0.25) is 14.9 Å². The number of carbonyl (C=O) groups is 1. The number of ether oxygens (including phenoxy) is 2. The SMILES string of the molecule is CCCNCCNC(=O)COc1ccc([N+](=O)[O-])c(OC)c1.Cl. The number of benzene rings is 1. The first kappa shape index (κ1) is 20.9. The van der Waals surface area contributed by atoms with Crippen molar-refractivity contribution < 1.29 is 19.2 Å². The fourth-order valence-electron chi connectivity index (χ4n) is 1.69. The summed E-state index contributed by atoms with van der Waals surface area (Å²) in [6, 6.07) is 4.09. The van der Waals surface area contributed by atoms with Crippen LogP contribution < -0.4 is 20.1 Å². The molecule has 0 unspecified atom stereocenters. The number of nitro benzene ring substituents is 1. The normalized spacial score (nSPS) is 9.65. The summed E-state index contributed by atoms with van der Waals surface area (Å²) < 4.78 is 10.2. The van der Waals surface area contributed by atoms with Crippen LogP contribution in [0.3, 0.4) is 0 Å². The molecule has 0 fully saturated rings. The fraction of sp³-hybridized carbons (Fsp3) is 0.500. The van der Waals surface area contributed by atoms with E-state index in [4.69, 9.17) is 9.47 Å². The smallest absolute Gasteiger partial charge is 0.311 e. The summed E-state index contributed by atoms with van der Waals surface area (Å²) in [5.74, 6) is 0.170. The predicted octanol–water partition coefficient (Wildman–Crippen LogP) is 1.52. The molecule has 0 saturated heterocycles. The maximum absolute atomic E-state index is 11.6. The number of halogens is 1. The molecule has 0 aliphatic heterocycles. The van der Waals surface area contributed by atoms with Gasteiger partial charge in [0, 0.05) is 25.2 Å². The molecule has 0 saturated carbocycles. The van der Waals surface area contributed by atoms with E-state index in [1.54, 1.807) is 0 Å². The van der Waals surface area contributed by atoms with Gasteiger partial charge in [-0.05, 0) is 19.0 Å². The second-order valence-corrected chi connectivity index (χ2v) is 4.48. The third-order valence-corrected chi connectivity index (χ3v) is 2.77. The summed E-state index contributed by atoms with van der Waals surface area (Å²) in [7, 11) is 1.34. The zero-order chi connectivity index (χ0) is 16.4. The van der Waals surface area contributed by atoms with Crippen LogP contribution in [0.1, 0.15) is 13.3 Å². The Bertz CT molecular complexity index is 513. The maximum Gasteiger partial charge on any atom is 0.311 e. The standard InChI is InChI=1S/C14H21N3O5.ClH/c1-3-6-15-7-8-16-14(18)10-22-11-4-5-12(17(19)20)13(9-11)21-2;/h4-5,9,15H,3,6-8,10H2,1-2H3,(H,16,18);1H. The highest BCUT2D eigenvalue weighted by Crippen LogP contribution is 2.30. The summed E-state index contributed by atoms with van der Waals surface area (Å²) in [5.41, 5.74) is -0.152. The molecule has 0 atom stereocenters. The van der Waals surface area contributed by atoms with Crippen LogP contribution >= 0.6 is 12.4 Å². The lowest BCUT2D eigenvalue weighted by atomic mass is 10.3. The molecule has 0 aromatic heterocycles. The van der Waals surface area contributed by atoms with Crippen LogP contribution in [0.5, 0.6) is 11.5 Å². The van der Waals surface area contributed by atoms with Gasteiger partial charge in [-0.15, -0.1) is 12.4 Å². The second kappa shape index (κ2) is 11.5. The summed E-state index contributed by atoms with van der Waals surface area (Å²) >= 11 is 0. The van der Waals surface area contributed by atoms with E-state index >= 15 is 0 Å².